The molecule has 1 aliphatic heterocycles. The van der Waals surface area contributed by atoms with Crippen molar-refractivity contribution in [1.29, 1.82) is 0 Å². The molecule has 0 aliphatic carbocycles. The minimum atomic E-state index is 0.553. The molecule has 1 saturated heterocycles. The lowest BCUT2D eigenvalue weighted by Gasteiger charge is -2.13. The maximum Gasteiger partial charge on any atom is 0.0658 e. The Balaban J connectivity index is 2.04. The Kier molecular flexibility index (Phi) is 3.16. The number of hydrogen-bond acceptors (Lipinski definition) is 3. The van der Waals surface area contributed by atoms with Crippen LogP contribution in [-0.4, -0.2) is 29.4 Å². The molecule has 1 atom stereocenters. The first-order valence-corrected chi connectivity index (χ1v) is 5.35. The summed E-state index contributed by atoms with van der Waals surface area (Å²) < 4.78 is 2.16. The van der Waals surface area contributed by atoms with Crippen molar-refractivity contribution in [2.75, 3.05) is 19.6 Å². The summed E-state index contributed by atoms with van der Waals surface area (Å²) in [6.07, 6.45) is 5.18. The Morgan fingerprint density at radius 1 is 1.64 bits per heavy atom. The Labute approximate surface area is 84.5 Å². The Morgan fingerprint density at radius 3 is 3.29 bits per heavy atom. The van der Waals surface area contributed by atoms with Gasteiger partial charge in [-0.1, -0.05) is 0 Å². The minimum Gasteiger partial charge on any atom is -0.330 e. The molecule has 1 unspecified atom stereocenters. The number of rotatable bonds is 4. The van der Waals surface area contributed by atoms with E-state index in [1.165, 1.54) is 12.1 Å². The normalized spacial score (nSPS) is 21.6. The van der Waals surface area contributed by atoms with E-state index in [4.69, 9.17) is 5.73 Å². The van der Waals surface area contributed by atoms with Crippen LogP contribution in [0.25, 0.3) is 0 Å². The summed E-state index contributed by atoms with van der Waals surface area (Å²) in [6.45, 7) is 2.92. The van der Waals surface area contributed by atoms with Crippen molar-refractivity contribution < 1.29 is 0 Å². The number of aromatic nitrogens is 2. The highest BCUT2D eigenvalue weighted by Gasteiger charge is 2.18. The summed E-state index contributed by atoms with van der Waals surface area (Å²) in [5.74, 6) is 0. The molecule has 2 rings (SSSR count). The van der Waals surface area contributed by atoms with Gasteiger partial charge in [0.15, 0.2) is 0 Å². The standard InChI is InChI=1S/C10H18N4/c11-5-1-2-9-4-7-13-14(9)10-3-6-12-8-10/h4,7,10,12H,1-3,5-6,8,11H2. The fourth-order valence-corrected chi connectivity index (χ4v) is 2.00. The van der Waals surface area contributed by atoms with E-state index in [-0.39, 0.29) is 0 Å². The van der Waals surface area contributed by atoms with E-state index in [0.717, 1.165) is 32.5 Å². The Hall–Kier alpha value is -0.870. The van der Waals surface area contributed by atoms with Gasteiger partial charge in [0.05, 0.1) is 6.04 Å². The van der Waals surface area contributed by atoms with Gasteiger partial charge in [0, 0.05) is 18.4 Å². The molecule has 2 heterocycles. The lowest BCUT2D eigenvalue weighted by atomic mass is 10.2. The molecule has 0 aromatic carbocycles. The van der Waals surface area contributed by atoms with Gasteiger partial charge >= 0.3 is 0 Å². The molecule has 0 amide bonds. The van der Waals surface area contributed by atoms with Gasteiger partial charge in [0.1, 0.15) is 0 Å². The number of nitrogens with two attached hydrogens (primary N) is 1. The zero-order chi connectivity index (χ0) is 9.80. The van der Waals surface area contributed by atoms with Crippen LogP contribution in [0.15, 0.2) is 12.3 Å². The Morgan fingerprint density at radius 2 is 2.57 bits per heavy atom. The van der Waals surface area contributed by atoms with Crippen molar-refractivity contribution in [2.24, 2.45) is 5.73 Å². The summed E-state index contributed by atoms with van der Waals surface area (Å²) in [4.78, 5) is 0. The predicted octanol–water partition coefficient (Wildman–Crippen LogP) is 0.309. The van der Waals surface area contributed by atoms with Crippen LogP contribution < -0.4 is 11.1 Å². The average Bonchev–Trinajstić information content (AvgIpc) is 2.84. The van der Waals surface area contributed by atoms with E-state index in [9.17, 15) is 0 Å². The van der Waals surface area contributed by atoms with Gasteiger partial charge in [-0.3, -0.25) is 4.68 Å². The molecule has 0 bridgehead atoms. The van der Waals surface area contributed by atoms with Crippen molar-refractivity contribution in [1.82, 2.24) is 15.1 Å². The largest absolute Gasteiger partial charge is 0.330 e. The lowest BCUT2D eigenvalue weighted by molar-refractivity contribution is 0.469. The molecule has 4 heteroatoms. The fraction of sp³-hybridized carbons (Fsp3) is 0.700. The van der Waals surface area contributed by atoms with Crippen LogP contribution in [0.5, 0.6) is 0 Å². The summed E-state index contributed by atoms with van der Waals surface area (Å²) in [5, 5.41) is 7.75. The van der Waals surface area contributed by atoms with E-state index in [0.29, 0.717) is 6.04 Å². The van der Waals surface area contributed by atoms with E-state index >= 15 is 0 Å². The quantitative estimate of drug-likeness (QED) is 0.725. The third-order valence-electron chi connectivity index (χ3n) is 2.77. The highest BCUT2D eigenvalue weighted by molar-refractivity contribution is 5.03. The van der Waals surface area contributed by atoms with Gasteiger partial charge in [-0.15, -0.1) is 0 Å². The van der Waals surface area contributed by atoms with Gasteiger partial charge in [-0.05, 0) is 38.4 Å². The molecule has 14 heavy (non-hydrogen) atoms. The van der Waals surface area contributed by atoms with Crippen LogP contribution in [0.1, 0.15) is 24.6 Å². The van der Waals surface area contributed by atoms with Crippen LogP contribution in [0.3, 0.4) is 0 Å². The van der Waals surface area contributed by atoms with E-state index in [1.54, 1.807) is 0 Å². The molecular weight excluding hydrogens is 176 g/mol. The molecule has 0 radical (unpaired) electrons. The van der Waals surface area contributed by atoms with Crippen molar-refractivity contribution >= 4 is 0 Å². The Bertz CT molecular complexity index is 275. The van der Waals surface area contributed by atoms with Crippen molar-refractivity contribution in [3.8, 4) is 0 Å². The van der Waals surface area contributed by atoms with Gasteiger partial charge in [0.25, 0.3) is 0 Å². The fourth-order valence-electron chi connectivity index (χ4n) is 2.00. The van der Waals surface area contributed by atoms with E-state index < -0.39 is 0 Å². The molecule has 4 nitrogen and oxygen atoms in total. The molecule has 0 spiro atoms. The monoisotopic (exact) mass is 194 g/mol. The predicted molar refractivity (Wildman–Crippen MR) is 56.1 cm³/mol. The van der Waals surface area contributed by atoms with Crippen molar-refractivity contribution in [3.63, 3.8) is 0 Å². The smallest absolute Gasteiger partial charge is 0.0658 e. The van der Waals surface area contributed by atoms with Crippen LogP contribution in [0.4, 0.5) is 0 Å². The number of aryl methyl sites for hydroxylation is 1. The van der Waals surface area contributed by atoms with Crippen LogP contribution in [0.2, 0.25) is 0 Å². The second-order valence-electron chi connectivity index (χ2n) is 3.81. The first-order chi connectivity index (χ1) is 6.92. The summed E-state index contributed by atoms with van der Waals surface area (Å²) in [7, 11) is 0. The molecule has 1 aliphatic rings. The molecular formula is C10H18N4. The van der Waals surface area contributed by atoms with Crippen LogP contribution >= 0.6 is 0 Å². The summed E-state index contributed by atoms with van der Waals surface area (Å²) >= 11 is 0. The zero-order valence-electron chi connectivity index (χ0n) is 8.45. The molecule has 78 valence electrons. The molecule has 1 aromatic heterocycles. The average molecular weight is 194 g/mol. The highest BCUT2D eigenvalue weighted by atomic mass is 15.3. The SMILES string of the molecule is NCCCc1ccnn1C1CCNC1. The second kappa shape index (κ2) is 4.57. The number of nitrogens with one attached hydrogen (secondary N) is 1. The highest BCUT2D eigenvalue weighted by Crippen LogP contribution is 2.17. The van der Waals surface area contributed by atoms with Gasteiger partial charge in [0.2, 0.25) is 0 Å². The lowest BCUT2D eigenvalue weighted by Crippen LogP contribution is -2.17. The van der Waals surface area contributed by atoms with Crippen LogP contribution in [-0.2, 0) is 6.42 Å². The third-order valence-corrected chi connectivity index (χ3v) is 2.77. The van der Waals surface area contributed by atoms with E-state index in [1.807, 2.05) is 6.20 Å². The maximum atomic E-state index is 5.51. The molecule has 3 N–H and O–H groups in total. The van der Waals surface area contributed by atoms with Crippen LogP contribution in [0, 0.1) is 0 Å². The first kappa shape index (κ1) is 9.68. The summed E-state index contributed by atoms with van der Waals surface area (Å²) in [5.41, 5.74) is 6.83. The van der Waals surface area contributed by atoms with Crippen molar-refractivity contribution in [2.45, 2.75) is 25.3 Å². The molecule has 0 saturated carbocycles. The van der Waals surface area contributed by atoms with Gasteiger partial charge < -0.3 is 11.1 Å². The molecule has 1 fully saturated rings. The van der Waals surface area contributed by atoms with Gasteiger partial charge in [-0.25, -0.2) is 0 Å². The number of hydrogen-bond donors (Lipinski definition) is 2. The van der Waals surface area contributed by atoms with E-state index in [2.05, 4.69) is 21.2 Å². The topological polar surface area (TPSA) is 55.9 Å². The maximum absolute atomic E-state index is 5.51. The second-order valence-corrected chi connectivity index (χ2v) is 3.81. The number of nitrogens with zero attached hydrogens (tertiary/aromatic N) is 2. The zero-order valence-corrected chi connectivity index (χ0v) is 8.45. The summed E-state index contributed by atoms with van der Waals surface area (Å²) in [6, 6.07) is 2.66. The third kappa shape index (κ3) is 1.96. The van der Waals surface area contributed by atoms with Gasteiger partial charge in [-0.2, -0.15) is 5.10 Å². The minimum absolute atomic E-state index is 0.553. The molecule has 1 aromatic rings. The first-order valence-electron chi connectivity index (χ1n) is 5.35. The van der Waals surface area contributed by atoms with Crippen molar-refractivity contribution in [3.05, 3.63) is 18.0 Å².